The lowest BCUT2D eigenvalue weighted by molar-refractivity contribution is -0.161. The maximum absolute atomic E-state index is 12.1. The monoisotopic (exact) mass is 630 g/mol. The number of carbonyl (C=O) groups excluding carboxylic acids is 2. The molecule has 0 aliphatic rings. The summed E-state index contributed by atoms with van der Waals surface area (Å²) in [5, 5.41) is 30.0. The molecule has 0 aromatic heterocycles. The predicted octanol–water partition coefficient (Wildman–Crippen LogP) is 4.75. The van der Waals surface area contributed by atoms with Gasteiger partial charge in [-0.1, -0.05) is 100 Å². The summed E-state index contributed by atoms with van der Waals surface area (Å²) in [5.74, 6) is -1.24. The first-order valence-electron chi connectivity index (χ1n) is 14.9. The first-order chi connectivity index (χ1) is 20.5. The van der Waals surface area contributed by atoms with Crippen molar-refractivity contribution in [1.82, 2.24) is 0 Å². The molecular formula is C31H51O11P. The first kappa shape index (κ1) is 40.6. The van der Waals surface area contributed by atoms with Crippen LogP contribution in [0.15, 0.2) is 60.8 Å². The number of hydrogen-bond donors (Lipinski definition) is 5. The highest BCUT2D eigenvalue weighted by molar-refractivity contribution is 7.46. The quantitative estimate of drug-likeness (QED) is 0.0309. The van der Waals surface area contributed by atoms with Crippen LogP contribution in [0.4, 0.5) is 0 Å². The molecule has 0 aromatic rings. The summed E-state index contributed by atoms with van der Waals surface area (Å²) in [5.41, 5.74) is 0. The van der Waals surface area contributed by atoms with Gasteiger partial charge in [0.15, 0.2) is 6.10 Å². The Morgan fingerprint density at radius 3 is 2.05 bits per heavy atom. The molecule has 0 fully saturated rings. The second-order valence-electron chi connectivity index (χ2n) is 9.92. The van der Waals surface area contributed by atoms with E-state index in [1.165, 1.54) is 6.08 Å². The van der Waals surface area contributed by atoms with Gasteiger partial charge in [-0.3, -0.25) is 14.1 Å². The zero-order valence-electron chi connectivity index (χ0n) is 25.4. The molecule has 12 heteroatoms. The van der Waals surface area contributed by atoms with Crippen LogP contribution in [0.1, 0.15) is 84.5 Å². The Morgan fingerprint density at radius 2 is 1.40 bits per heavy atom. The Kier molecular flexibility index (Phi) is 24.6. The Bertz CT molecular complexity index is 936. The number of esters is 2. The molecule has 0 spiro atoms. The van der Waals surface area contributed by atoms with Crippen LogP contribution in [-0.2, 0) is 28.2 Å². The molecule has 0 aliphatic carbocycles. The number of phosphoric acid groups is 1. The van der Waals surface area contributed by atoms with Gasteiger partial charge in [0.05, 0.1) is 24.9 Å². The number of phosphoric ester groups is 1. The van der Waals surface area contributed by atoms with Crippen LogP contribution >= 0.6 is 7.82 Å². The van der Waals surface area contributed by atoms with Gasteiger partial charge >= 0.3 is 19.8 Å². The van der Waals surface area contributed by atoms with Gasteiger partial charge in [-0.25, -0.2) is 4.57 Å². The zero-order chi connectivity index (χ0) is 32.3. The zero-order valence-corrected chi connectivity index (χ0v) is 26.3. The fourth-order valence-corrected chi connectivity index (χ4v) is 3.90. The number of rotatable bonds is 25. The largest absolute Gasteiger partial charge is 0.469 e. The van der Waals surface area contributed by atoms with E-state index >= 15 is 0 Å². The van der Waals surface area contributed by atoms with Gasteiger partial charge in [0.2, 0.25) is 0 Å². The lowest BCUT2D eigenvalue weighted by atomic mass is 10.1. The van der Waals surface area contributed by atoms with Crippen LogP contribution in [0.5, 0.6) is 0 Å². The van der Waals surface area contributed by atoms with Crippen LogP contribution in [-0.4, -0.2) is 74.7 Å². The van der Waals surface area contributed by atoms with E-state index in [1.807, 2.05) is 19.1 Å². The maximum atomic E-state index is 12.1. The van der Waals surface area contributed by atoms with E-state index in [9.17, 15) is 29.5 Å². The van der Waals surface area contributed by atoms with E-state index in [-0.39, 0.29) is 25.7 Å². The fraction of sp³-hybridized carbons (Fsp3) is 0.613. The standard InChI is InChI=1S/C31H51O11P/c1-3-5-7-10-16-22-31(36)42-27(25-41-43(37,38)39)24-40-30(35)23-17-21-29(34)28(33)20-15-12-9-8-11-14-19-26(32)18-13-6-4-2/h6,8-9,11-15,19-20,26-29,32-34H,3-5,7,10,16-18,21-25H2,1-2H3,(H2,37,38,39)/b11-8+,12-9-,13-6-,19-14+,20-15-/t26-,27-,28+,29+/m1/s1. The van der Waals surface area contributed by atoms with Gasteiger partial charge < -0.3 is 34.6 Å². The van der Waals surface area contributed by atoms with Crippen LogP contribution in [0.2, 0.25) is 0 Å². The van der Waals surface area contributed by atoms with Crippen molar-refractivity contribution in [2.24, 2.45) is 0 Å². The van der Waals surface area contributed by atoms with Gasteiger partial charge in [-0.15, -0.1) is 0 Å². The molecule has 0 saturated heterocycles. The minimum absolute atomic E-state index is 0.0905. The molecule has 0 aliphatic heterocycles. The highest BCUT2D eigenvalue weighted by Crippen LogP contribution is 2.35. The van der Waals surface area contributed by atoms with Crippen LogP contribution < -0.4 is 0 Å². The minimum atomic E-state index is -4.82. The first-order valence-corrected chi connectivity index (χ1v) is 16.4. The third kappa shape index (κ3) is 27.0. The second-order valence-corrected chi connectivity index (χ2v) is 11.2. The topological polar surface area (TPSA) is 180 Å². The smallest absolute Gasteiger partial charge is 0.462 e. The molecule has 43 heavy (non-hydrogen) atoms. The lowest BCUT2D eigenvalue weighted by Crippen LogP contribution is -2.29. The summed E-state index contributed by atoms with van der Waals surface area (Å²) in [6.07, 6.45) is 19.7. The Morgan fingerprint density at radius 1 is 0.767 bits per heavy atom. The van der Waals surface area contributed by atoms with E-state index in [2.05, 4.69) is 11.4 Å². The maximum Gasteiger partial charge on any atom is 0.469 e. The molecule has 246 valence electrons. The molecule has 0 radical (unpaired) electrons. The van der Waals surface area contributed by atoms with E-state index in [4.69, 9.17) is 19.3 Å². The number of aliphatic hydroxyl groups excluding tert-OH is 3. The number of hydrogen-bond acceptors (Lipinski definition) is 9. The van der Waals surface area contributed by atoms with E-state index < -0.39 is 57.4 Å². The summed E-state index contributed by atoms with van der Waals surface area (Å²) in [4.78, 5) is 42.1. The molecule has 0 heterocycles. The van der Waals surface area contributed by atoms with Gasteiger partial charge in [0.1, 0.15) is 6.61 Å². The molecule has 0 saturated carbocycles. The SMILES string of the molecule is CC/C=C\C[C@@H](O)/C=C/C=C/C=C\C=C/[C@H](O)[C@@H](O)CCCC(=O)OC[C@H](COP(=O)(O)O)OC(=O)CCCCCCC. The van der Waals surface area contributed by atoms with E-state index in [0.29, 0.717) is 12.8 Å². The second kappa shape index (κ2) is 26.1. The molecule has 0 unspecified atom stereocenters. The van der Waals surface area contributed by atoms with Crippen molar-refractivity contribution >= 4 is 19.8 Å². The molecule has 0 rings (SSSR count). The third-order valence-electron chi connectivity index (χ3n) is 5.89. The molecule has 5 N–H and O–H groups in total. The lowest BCUT2D eigenvalue weighted by Gasteiger charge is -2.18. The van der Waals surface area contributed by atoms with Crippen molar-refractivity contribution in [1.29, 1.82) is 0 Å². The highest BCUT2D eigenvalue weighted by Gasteiger charge is 2.23. The molecule has 0 bridgehead atoms. The Labute approximate surface area is 255 Å². The van der Waals surface area contributed by atoms with Gasteiger partial charge in [0, 0.05) is 12.8 Å². The molecule has 0 amide bonds. The van der Waals surface area contributed by atoms with Crippen LogP contribution in [0.3, 0.4) is 0 Å². The summed E-state index contributed by atoms with van der Waals surface area (Å²) >= 11 is 0. The molecule has 4 atom stereocenters. The van der Waals surface area contributed by atoms with Crippen LogP contribution in [0, 0.1) is 0 Å². The Balaban J connectivity index is 4.44. The normalized spacial score (nSPS) is 15.6. The van der Waals surface area contributed by atoms with Crippen LogP contribution in [0.25, 0.3) is 0 Å². The van der Waals surface area contributed by atoms with E-state index in [0.717, 1.165) is 32.1 Å². The fourth-order valence-electron chi connectivity index (χ4n) is 3.53. The van der Waals surface area contributed by atoms with E-state index in [1.54, 1.807) is 42.5 Å². The van der Waals surface area contributed by atoms with Crippen molar-refractivity contribution in [2.75, 3.05) is 13.2 Å². The Hall–Kier alpha value is -2.37. The average Bonchev–Trinajstić information content (AvgIpc) is 2.95. The summed E-state index contributed by atoms with van der Waals surface area (Å²) in [6, 6.07) is 0. The molecule has 11 nitrogen and oxygen atoms in total. The summed E-state index contributed by atoms with van der Waals surface area (Å²) in [6.45, 7) is 3.02. The number of carbonyl (C=O) groups is 2. The van der Waals surface area contributed by atoms with Gasteiger partial charge in [-0.05, 0) is 32.1 Å². The number of allylic oxidation sites excluding steroid dienone is 7. The molecular weight excluding hydrogens is 579 g/mol. The summed E-state index contributed by atoms with van der Waals surface area (Å²) in [7, 11) is -4.82. The highest BCUT2D eigenvalue weighted by atomic mass is 31.2. The van der Waals surface area contributed by atoms with Gasteiger partial charge in [0.25, 0.3) is 0 Å². The van der Waals surface area contributed by atoms with Gasteiger partial charge in [-0.2, -0.15) is 0 Å². The van der Waals surface area contributed by atoms with Crippen molar-refractivity contribution in [3.05, 3.63) is 60.8 Å². The minimum Gasteiger partial charge on any atom is -0.462 e. The van der Waals surface area contributed by atoms with Crippen molar-refractivity contribution < 1.29 is 53.3 Å². The average molecular weight is 631 g/mol. The summed E-state index contributed by atoms with van der Waals surface area (Å²) < 4.78 is 25.7. The van der Waals surface area contributed by atoms with Crippen molar-refractivity contribution in [3.8, 4) is 0 Å². The number of unbranched alkanes of at least 4 members (excludes halogenated alkanes) is 4. The number of aliphatic hydroxyl groups is 3. The number of ether oxygens (including phenoxy) is 2. The molecule has 0 aromatic carbocycles. The van der Waals surface area contributed by atoms with Crippen molar-refractivity contribution in [3.63, 3.8) is 0 Å². The predicted molar refractivity (Wildman–Crippen MR) is 165 cm³/mol. The van der Waals surface area contributed by atoms with Crippen molar-refractivity contribution in [2.45, 2.75) is 109 Å². The third-order valence-corrected chi connectivity index (χ3v) is 6.38.